The van der Waals surface area contributed by atoms with Crippen molar-refractivity contribution in [3.8, 4) is 5.75 Å². The van der Waals surface area contributed by atoms with E-state index in [1.165, 1.54) is 7.05 Å². The van der Waals surface area contributed by atoms with E-state index in [2.05, 4.69) is 5.32 Å². The highest BCUT2D eigenvalue weighted by Gasteiger charge is 2.18. The van der Waals surface area contributed by atoms with E-state index in [1.807, 2.05) is 37.3 Å². The van der Waals surface area contributed by atoms with Gasteiger partial charge in [-0.05, 0) is 36.8 Å². The number of carbonyl (C=O) groups is 1. The van der Waals surface area contributed by atoms with Gasteiger partial charge in [0.1, 0.15) is 12.4 Å². The largest absolute Gasteiger partial charge is 0.487 e. The summed E-state index contributed by atoms with van der Waals surface area (Å²) in [5.74, 6) is 0.0970. The first-order valence-corrected chi connectivity index (χ1v) is 11.2. The maximum Gasteiger partial charge on any atom is 0.255 e. The zero-order valence-corrected chi connectivity index (χ0v) is 17.9. The molecule has 0 aromatic heterocycles. The first kappa shape index (κ1) is 21.4. The van der Waals surface area contributed by atoms with Gasteiger partial charge in [-0.25, -0.2) is 8.42 Å². The van der Waals surface area contributed by atoms with E-state index >= 15 is 0 Å². The summed E-state index contributed by atoms with van der Waals surface area (Å²) in [6.45, 7) is 2.26. The van der Waals surface area contributed by atoms with Crippen LogP contribution in [0.4, 0.5) is 11.4 Å². The fourth-order valence-electron chi connectivity index (χ4n) is 2.90. The number of carbonyl (C=O) groups excluding carboxylic acids is 1. The third-order valence-corrected chi connectivity index (χ3v) is 5.76. The van der Waals surface area contributed by atoms with E-state index < -0.39 is 10.0 Å². The maximum absolute atomic E-state index is 12.5. The quantitative estimate of drug-likeness (QED) is 0.616. The Hall–Kier alpha value is -3.32. The minimum absolute atomic E-state index is 0.260. The molecule has 0 bridgehead atoms. The summed E-state index contributed by atoms with van der Waals surface area (Å²) in [5, 5.41) is 2.82. The van der Waals surface area contributed by atoms with Gasteiger partial charge in [-0.1, -0.05) is 48.0 Å². The van der Waals surface area contributed by atoms with Crippen LogP contribution in [0, 0.1) is 6.92 Å². The molecule has 3 rings (SSSR count). The van der Waals surface area contributed by atoms with Gasteiger partial charge in [-0.2, -0.15) is 0 Å². The summed E-state index contributed by atoms with van der Waals surface area (Å²) in [4.78, 5) is 12.5. The standard InChI is InChI=1S/C23H24N2O4S/c1-17-8-7-9-18(14-17)16-29-22-15-20(12-13-21(22)25(2)30(3,27)28)24-23(26)19-10-5-4-6-11-19/h4-15H,16H2,1-3H3,(H,24,26). The van der Waals surface area contributed by atoms with Crippen LogP contribution in [-0.2, 0) is 16.6 Å². The van der Waals surface area contributed by atoms with Crippen LogP contribution in [0.3, 0.4) is 0 Å². The minimum Gasteiger partial charge on any atom is -0.487 e. The van der Waals surface area contributed by atoms with E-state index in [-0.39, 0.29) is 12.5 Å². The van der Waals surface area contributed by atoms with Gasteiger partial charge in [-0.15, -0.1) is 0 Å². The predicted molar refractivity (Wildman–Crippen MR) is 120 cm³/mol. The Morgan fingerprint density at radius 1 is 1.00 bits per heavy atom. The van der Waals surface area contributed by atoms with Crippen molar-refractivity contribution < 1.29 is 17.9 Å². The van der Waals surface area contributed by atoms with Crippen LogP contribution in [0.1, 0.15) is 21.5 Å². The van der Waals surface area contributed by atoms with Crippen molar-refractivity contribution in [2.45, 2.75) is 13.5 Å². The van der Waals surface area contributed by atoms with Crippen LogP contribution in [0.15, 0.2) is 72.8 Å². The molecule has 156 valence electrons. The molecule has 0 heterocycles. The second-order valence-electron chi connectivity index (χ2n) is 7.01. The fraction of sp³-hybridized carbons (Fsp3) is 0.174. The Kier molecular flexibility index (Phi) is 6.42. The fourth-order valence-corrected chi connectivity index (χ4v) is 3.41. The van der Waals surface area contributed by atoms with Crippen molar-refractivity contribution in [3.05, 3.63) is 89.5 Å². The monoisotopic (exact) mass is 424 g/mol. The molecular formula is C23H24N2O4S. The number of hydrogen-bond donors (Lipinski definition) is 1. The summed E-state index contributed by atoms with van der Waals surface area (Å²) in [7, 11) is -2.02. The number of hydrogen-bond acceptors (Lipinski definition) is 4. The Labute approximate surface area is 177 Å². The molecule has 0 atom stereocenters. The van der Waals surface area contributed by atoms with Crippen molar-refractivity contribution >= 4 is 27.3 Å². The lowest BCUT2D eigenvalue weighted by Gasteiger charge is -2.21. The third kappa shape index (κ3) is 5.39. The molecule has 0 spiro atoms. The van der Waals surface area contributed by atoms with Crippen LogP contribution in [0.5, 0.6) is 5.75 Å². The lowest BCUT2D eigenvalue weighted by molar-refractivity contribution is 0.102. The number of sulfonamides is 1. The second-order valence-corrected chi connectivity index (χ2v) is 9.02. The molecule has 0 aliphatic rings. The third-order valence-electron chi connectivity index (χ3n) is 4.57. The number of ether oxygens (including phenoxy) is 1. The molecule has 0 saturated carbocycles. The van der Waals surface area contributed by atoms with Gasteiger partial charge in [-0.3, -0.25) is 9.10 Å². The van der Waals surface area contributed by atoms with Crippen LogP contribution in [0.2, 0.25) is 0 Å². The van der Waals surface area contributed by atoms with Crippen LogP contribution >= 0.6 is 0 Å². The Morgan fingerprint density at radius 2 is 1.73 bits per heavy atom. The second kappa shape index (κ2) is 9.00. The van der Waals surface area contributed by atoms with E-state index in [4.69, 9.17) is 4.74 Å². The van der Waals surface area contributed by atoms with Gasteiger partial charge in [0.25, 0.3) is 5.91 Å². The molecule has 1 amide bonds. The molecule has 7 heteroatoms. The molecule has 0 aliphatic carbocycles. The van der Waals surface area contributed by atoms with E-state index in [0.29, 0.717) is 22.7 Å². The Bertz CT molecular complexity index is 1140. The van der Waals surface area contributed by atoms with Crippen LogP contribution in [0.25, 0.3) is 0 Å². The summed E-state index contributed by atoms with van der Waals surface area (Å²) < 4.78 is 31.2. The van der Waals surface area contributed by atoms with Gasteiger partial charge in [0, 0.05) is 24.4 Å². The number of anilines is 2. The highest BCUT2D eigenvalue weighted by Crippen LogP contribution is 2.33. The lowest BCUT2D eigenvalue weighted by atomic mass is 10.1. The zero-order valence-electron chi connectivity index (χ0n) is 17.1. The zero-order chi connectivity index (χ0) is 21.7. The first-order valence-electron chi connectivity index (χ1n) is 9.37. The Balaban J connectivity index is 1.89. The highest BCUT2D eigenvalue weighted by molar-refractivity contribution is 7.92. The van der Waals surface area contributed by atoms with Gasteiger partial charge < -0.3 is 10.1 Å². The van der Waals surface area contributed by atoms with Gasteiger partial charge in [0.2, 0.25) is 10.0 Å². The van der Waals surface area contributed by atoms with E-state index in [1.54, 1.807) is 42.5 Å². The Morgan fingerprint density at radius 3 is 2.40 bits per heavy atom. The summed E-state index contributed by atoms with van der Waals surface area (Å²) in [6.07, 6.45) is 1.13. The van der Waals surface area contributed by atoms with E-state index in [0.717, 1.165) is 21.7 Å². The van der Waals surface area contributed by atoms with Crippen molar-refractivity contribution in [2.75, 3.05) is 22.9 Å². The summed E-state index contributed by atoms with van der Waals surface area (Å²) in [6, 6.07) is 21.6. The van der Waals surface area contributed by atoms with Gasteiger partial charge >= 0.3 is 0 Å². The summed E-state index contributed by atoms with van der Waals surface area (Å²) in [5.41, 5.74) is 3.49. The van der Waals surface area contributed by atoms with Crippen LogP contribution in [-0.4, -0.2) is 27.6 Å². The van der Waals surface area contributed by atoms with Crippen molar-refractivity contribution in [3.63, 3.8) is 0 Å². The minimum atomic E-state index is -3.48. The number of rotatable bonds is 7. The SMILES string of the molecule is Cc1cccc(COc2cc(NC(=O)c3ccccc3)ccc2N(C)S(C)(=O)=O)c1. The molecule has 3 aromatic rings. The molecule has 0 unspecified atom stereocenters. The average molecular weight is 425 g/mol. The molecule has 0 saturated heterocycles. The van der Waals surface area contributed by atoms with Crippen molar-refractivity contribution in [2.24, 2.45) is 0 Å². The van der Waals surface area contributed by atoms with Crippen molar-refractivity contribution in [1.82, 2.24) is 0 Å². The number of aryl methyl sites for hydroxylation is 1. The predicted octanol–water partition coefficient (Wildman–Crippen LogP) is 4.22. The average Bonchev–Trinajstić information content (AvgIpc) is 2.72. The van der Waals surface area contributed by atoms with Gasteiger partial charge in [0.05, 0.1) is 11.9 Å². The molecule has 0 radical (unpaired) electrons. The molecule has 30 heavy (non-hydrogen) atoms. The first-order chi connectivity index (χ1) is 14.2. The number of amides is 1. The maximum atomic E-state index is 12.5. The number of benzene rings is 3. The lowest BCUT2D eigenvalue weighted by Crippen LogP contribution is -2.25. The molecule has 0 aliphatic heterocycles. The summed E-state index contributed by atoms with van der Waals surface area (Å²) >= 11 is 0. The normalized spacial score (nSPS) is 11.0. The van der Waals surface area contributed by atoms with E-state index in [9.17, 15) is 13.2 Å². The smallest absolute Gasteiger partial charge is 0.255 e. The molecule has 1 N–H and O–H groups in total. The molecular weight excluding hydrogens is 400 g/mol. The highest BCUT2D eigenvalue weighted by atomic mass is 32.2. The molecule has 3 aromatic carbocycles. The van der Waals surface area contributed by atoms with Crippen LogP contribution < -0.4 is 14.4 Å². The topological polar surface area (TPSA) is 75.7 Å². The number of nitrogens with zero attached hydrogens (tertiary/aromatic N) is 1. The van der Waals surface area contributed by atoms with Crippen molar-refractivity contribution in [1.29, 1.82) is 0 Å². The molecule has 0 fully saturated rings. The molecule has 6 nitrogen and oxygen atoms in total. The van der Waals surface area contributed by atoms with Gasteiger partial charge in [0.15, 0.2) is 0 Å². The number of nitrogens with one attached hydrogen (secondary N) is 1.